The lowest BCUT2D eigenvalue weighted by atomic mass is 9.66. The number of hydrogen-bond acceptors (Lipinski definition) is 8. The maximum Gasteiger partial charge on any atom is 0.343 e. The Kier molecular flexibility index (Phi) is 16.5. The fraction of sp³-hybridized carbons (Fsp3) is 0.116. The van der Waals surface area contributed by atoms with Crippen molar-refractivity contribution in [1.29, 1.82) is 0 Å². The molecule has 0 spiro atoms. The van der Waals surface area contributed by atoms with E-state index in [1.54, 1.807) is 52.3 Å². The van der Waals surface area contributed by atoms with Gasteiger partial charge in [-0.2, -0.15) is 0 Å². The molecule has 0 amide bonds. The molecule has 8 heteroatoms. The van der Waals surface area contributed by atoms with E-state index in [1.165, 1.54) is 50.1 Å². The third kappa shape index (κ3) is 10.9. The molecule has 460 valence electrons. The van der Waals surface area contributed by atoms with E-state index >= 15 is 0 Å². The molecule has 2 aliphatic rings. The van der Waals surface area contributed by atoms with E-state index in [-0.39, 0.29) is 11.6 Å². The predicted octanol–water partition coefficient (Wildman–Crippen LogP) is 19.5. The van der Waals surface area contributed by atoms with Gasteiger partial charge in [0, 0.05) is 11.1 Å². The Morgan fingerprint density at radius 3 is 0.894 bits per heavy atom. The molecule has 0 heterocycles. The Bertz CT molecular complexity index is 4770. The topological polar surface area (TPSA) is 105 Å². The molecule has 0 saturated carbocycles. The maximum atomic E-state index is 13.5. The van der Waals surface area contributed by atoms with Crippen molar-refractivity contribution in [2.45, 2.75) is 52.4 Å². The number of carbonyl (C=O) groups is 4. The van der Waals surface area contributed by atoms with Gasteiger partial charge in [0.15, 0.2) is 11.6 Å². The van der Waals surface area contributed by atoms with E-state index in [1.807, 2.05) is 111 Å². The molecular weight excluding hydrogens is 1160 g/mol. The van der Waals surface area contributed by atoms with Gasteiger partial charge in [0.25, 0.3) is 0 Å². The van der Waals surface area contributed by atoms with Crippen LogP contribution >= 0.6 is 0 Å². The van der Waals surface area contributed by atoms with Gasteiger partial charge in [0.2, 0.25) is 0 Å². The number of carbonyl (C=O) groups excluding carboxylic acids is 4. The van der Waals surface area contributed by atoms with E-state index in [0.29, 0.717) is 33.8 Å². The fourth-order valence-corrected chi connectivity index (χ4v) is 14.2. The van der Waals surface area contributed by atoms with Crippen LogP contribution in [0, 0.1) is 27.7 Å². The Balaban J connectivity index is 0.000000171. The van der Waals surface area contributed by atoms with Gasteiger partial charge in [-0.3, -0.25) is 9.59 Å². The minimum absolute atomic E-state index is 0.0291. The number of fused-ring (bicyclic) bond motifs is 6. The normalized spacial score (nSPS) is 12.6. The molecule has 0 fully saturated rings. The quantitative estimate of drug-likeness (QED) is 0.0602. The number of ketones is 2. The Labute approximate surface area is 548 Å². The number of Topliss-reactive ketones (excluding diaryl/α,β-unsaturated/α-hetero) is 2. The van der Waals surface area contributed by atoms with Crippen LogP contribution in [0.2, 0.25) is 0 Å². The molecule has 0 bridgehead atoms. The summed E-state index contributed by atoms with van der Waals surface area (Å²) in [6.07, 6.45) is 0. The number of rotatable bonds is 14. The van der Waals surface area contributed by atoms with Crippen LogP contribution < -0.4 is 18.9 Å². The first kappa shape index (κ1) is 61.4. The molecule has 12 aromatic rings. The van der Waals surface area contributed by atoms with Crippen LogP contribution in [0.4, 0.5) is 0 Å². The van der Waals surface area contributed by atoms with Crippen molar-refractivity contribution in [2.75, 3.05) is 14.2 Å². The number of ether oxygens (including phenoxy) is 4. The Morgan fingerprint density at radius 2 is 0.574 bits per heavy atom. The highest BCUT2D eigenvalue weighted by atomic mass is 16.5. The van der Waals surface area contributed by atoms with Crippen LogP contribution in [0.25, 0.3) is 44.5 Å². The van der Waals surface area contributed by atoms with Crippen molar-refractivity contribution >= 4 is 23.5 Å². The van der Waals surface area contributed by atoms with Crippen LogP contribution in [0.3, 0.4) is 0 Å². The standard InChI is InChI=1S/C45H38O4.C41H30O4/c1-27-23-36(24-28(2)42(27)48-6)45(40-13-9-7-11-38(40)39-12-8-10-14-41(39)45)37-25-29(3)43(30(4)26-37)49-44(47)35-21-19-34(20-22-35)33-17-15-32(16-18-33)31(5)46;1-27(42)28-11-13-29(14-12-28)30-15-17-31(18-16-30)40(43)45-35-25-21-33(22-26-35)41(32-19-23-34(44-2)24-20-32)38-9-5-3-7-36(38)37-8-4-6-10-39(37)41/h7-26H,1-6H3;3-26H,1-2H3. The van der Waals surface area contributed by atoms with Gasteiger partial charge in [-0.25, -0.2) is 9.59 Å². The van der Waals surface area contributed by atoms with Crippen molar-refractivity contribution in [3.63, 3.8) is 0 Å². The van der Waals surface area contributed by atoms with Gasteiger partial charge in [0.1, 0.15) is 23.0 Å². The molecule has 0 aliphatic heterocycles. The molecule has 0 radical (unpaired) electrons. The lowest BCUT2D eigenvalue weighted by molar-refractivity contribution is 0.0724. The first-order valence-electron chi connectivity index (χ1n) is 31.4. The third-order valence-electron chi connectivity index (χ3n) is 18.6. The van der Waals surface area contributed by atoms with Crippen LogP contribution in [0.5, 0.6) is 23.0 Å². The smallest absolute Gasteiger partial charge is 0.343 e. The predicted molar refractivity (Wildman–Crippen MR) is 373 cm³/mol. The highest BCUT2D eigenvalue weighted by Gasteiger charge is 2.48. The molecule has 0 atom stereocenters. The molecule has 94 heavy (non-hydrogen) atoms. The number of aryl methyl sites for hydroxylation is 4. The first-order valence-corrected chi connectivity index (χ1v) is 31.4. The SMILES string of the molecule is COc1c(C)cc(C2(c3cc(C)c(OC(=O)c4ccc(-c5ccc(C(C)=O)cc5)cc4)c(C)c3)c3ccccc3-c3ccccc32)cc1C.COc1ccc(C2(c3ccc(OC(=O)c4ccc(-c5ccc(C(C)=O)cc5)cc4)cc3)c3ccccc3-c3ccccc32)cc1. The van der Waals surface area contributed by atoms with E-state index in [0.717, 1.165) is 72.7 Å². The average molecular weight is 1230 g/mol. The second kappa shape index (κ2) is 25.3. The summed E-state index contributed by atoms with van der Waals surface area (Å²) in [5, 5.41) is 0. The average Bonchev–Trinajstić information content (AvgIpc) is 1.53. The molecule has 12 aromatic carbocycles. The van der Waals surface area contributed by atoms with Crippen LogP contribution in [-0.4, -0.2) is 37.7 Å². The Morgan fingerprint density at radius 1 is 0.287 bits per heavy atom. The van der Waals surface area contributed by atoms with Crippen molar-refractivity contribution < 1.29 is 38.1 Å². The van der Waals surface area contributed by atoms with Gasteiger partial charge < -0.3 is 18.9 Å². The summed E-state index contributed by atoms with van der Waals surface area (Å²) < 4.78 is 23.2. The largest absolute Gasteiger partial charge is 0.497 e. The van der Waals surface area contributed by atoms with Crippen LogP contribution in [0.15, 0.2) is 267 Å². The van der Waals surface area contributed by atoms with Gasteiger partial charge >= 0.3 is 11.9 Å². The molecule has 0 saturated heterocycles. The number of esters is 2. The highest BCUT2D eigenvalue weighted by molar-refractivity contribution is 5.96. The zero-order valence-electron chi connectivity index (χ0n) is 53.7. The highest BCUT2D eigenvalue weighted by Crippen LogP contribution is 2.58. The summed E-state index contributed by atoms with van der Waals surface area (Å²) in [6.45, 7) is 11.3. The van der Waals surface area contributed by atoms with Crippen molar-refractivity contribution in [3.05, 3.63) is 356 Å². The lowest BCUT2D eigenvalue weighted by Crippen LogP contribution is -2.29. The number of methoxy groups -OCH3 is 2. The van der Waals surface area contributed by atoms with Crippen LogP contribution in [0.1, 0.15) is 122 Å². The molecule has 2 aliphatic carbocycles. The summed E-state index contributed by atoms with van der Waals surface area (Å²) in [5.41, 5.74) is 23.1. The second-order valence-corrected chi connectivity index (χ2v) is 24.2. The second-order valence-electron chi connectivity index (χ2n) is 24.2. The molecular formula is C86H68O8. The van der Waals surface area contributed by atoms with Gasteiger partial charge in [-0.05, 0) is 201 Å². The summed E-state index contributed by atoms with van der Waals surface area (Å²) in [5.74, 6) is 1.95. The summed E-state index contributed by atoms with van der Waals surface area (Å²) in [7, 11) is 3.40. The number of benzene rings is 12. The summed E-state index contributed by atoms with van der Waals surface area (Å²) in [6, 6.07) is 89.0. The van der Waals surface area contributed by atoms with E-state index < -0.39 is 22.8 Å². The molecule has 0 N–H and O–H groups in total. The van der Waals surface area contributed by atoms with E-state index in [2.05, 4.69) is 159 Å². The summed E-state index contributed by atoms with van der Waals surface area (Å²) >= 11 is 0. The van der Waals surface area contributed by atoms with Crippen molar-refractivity contribution in [2.24, 2.45) is 0 Å². The number of hydrogen-bond donors (Lipinski definition) is 0. The maximum absolute atomic E-state index is 13.5. The molecule has 0 aromatic heterocycles. The zero-order valence-corrected chi connectivity index (χ0v) is 53.7. The zero-order chi connectivity index (χ0) is 65.4. The van der Waals surface area contributed by atoms with E-state index in [9.17, 15) is 19.2 Å². The fourth-order valence-electron chi connectivity index (χ4n) is 14.2. The van der Waals surface area contributed by atoms with E-state index in [4.69, 9.17) is 18.9 Å². The van der Waals surface area contributed by atoms with Gasteiger partial charge in [0.05, 0.1) is 36.2 Å². The molecule has 0 unspecified atom stereocenters. The van der Waals surface area contributed by atoms with Gasteiger partial charge in [-0.15, -0.1) is 0 Å². The first-order chi connectivity index (χ1) is 45.6. The minimum atomic E-state index is -0.592. The third-order valence-corrected chi connectivity index (χ3v) is 18.6. The van der Waals surface area contributed by atoms with Crippen LogP contribution in [-0.2, 0) is 10.8 Å². The Hall–Kier alpha value is -11.5. The summed E-state index contributed by atoms with van der Waals surface area (Å²) in [4.78, 5) is 49.9. The lowest BCUT2D eigenvalue weighted by Gasteiger charge is -2.35. The van der Waals surface area contributed by atoms with Gasteiger partial charge in [-0.1, -0.05) is 218 Å². The van der Waals surface area contributed by atoms with Crippen molar-refractivity contribution in [3.8, 4) is 67.5 Å². The van der Waals surface area contributed by atoms with Crippen molar-refractivity contribution in [1.82, 2.24) is 0 Å². The molecule has 8 nitrogen and oxygen atoms in total. The molecule has 14 rings (SSSR count). The monoisotopic (exact) mass is 1230 g/mol. The minimum Gasteiger partial charge on any atom is -0.497 e.